The predicted molar refractivity (Wildman–Crippen MR) is 104 cm³/mol. The van der Waals surface area contributed by atoms with E-state index in [4.69, 9.17) is 0 Å². The molecule has 0 spiro atoms. The first kappa shape index (κ1) is 16.8. The lowest BCUT2D eigenvalue weighted by Gasteiger charge is -2.24. The van der Waals surface area contributed by atoms with Crippen LogP contribution in [0.1, 0.15) is 61.3 Å². The van der Waals surface area contributed by atoms with Crippen LogP contribution in [0.5, 0.6) is 0 Å². The minimum absolute atomic E-state index is 0.0813. The Kier molecular flexibility index (Phi) is 4.06. The molecule has 134 valence electrons. The summed E-state index contributed by atoms with van der Waals surface area (Å²) in [4.78, 5) is 22.6. The van der Waals surface area contributed by atoms with Gasteiger partial charge in [-0.15, -0.1) is 0 Å². The molecule has 1 fully saturated rings. The highest BCUT2D eigenvalue weighted by molar-refractivity contribution is 5.98. The minimum atomic E-state index is 0.0813. The highest BCUT2D eigenvalue weighted by Gasteiger charge is 2.31. The molecule has 4 rings (SSSR count). The summed E-state index contributed by atoms with van der Waals surface area (Å²) < 4.78 is 0. The van der Waals surface area contributed by atoms with Crippen molar-refractivity contribution in [2.45, 2.75) is 45.1 Å². The molecule has 1 atom stereocenters. The molecule has 3 heterocycles. The molecular weight excluding hydrogens is 322 g/mol. The highest BCUT2D eigenvalue weighted by Crippen LogP contribution is 2.33. The van der Waals surface area contributed by atoms with E-state index in [1.807, 2.05) is 23.1 Å². The molecule has 0 bridgehead atoms. The van der Waals surface area contributed by atoms with Gasteiger partial charge in [-0.25, -0.2) is 0 Å². The third-order valence-electron chi connectivity index (χ3n) is 5.32. The first-order valence-electron chi connectivity index (χ1n) is 9.27. The second kappa shape index (κ2) is 6.27. The van der Waals surface area contributed by atoms with Crippen LogP contribution < -0.4 is 0 Å². The second-order valence-corrected chi connectivity index (χ2v) is 8.17. The number of pyridine rings is 1. The third-order valence-corrected chi connectivity index (χ3v) is 5.32. The van der Waals surface area contributed by atoms with E-state index in [-0.39, 0.29) is 17.4 Å². The maximum absolute atomic E-state index is 13.2. The topological polar surface area (TPSA) is 49.0 Å². The van der Waals surface area contributed by atoms with Gasteiger partial charge < -0.3 is 9.88 Å². The first-order chi connectivity index (χ1) is 12.4. The zero-order valence-corrected chi connectivity index (χ0v) is 15.6. The van der Waals surface area contributed by atoms with Gasteiger partial charge in [0.25, 0.3) is 5.91 Å². The molecule has 1 aromatic carbocycles. The number of hydrogen-bond acceptors (Lipinski definition) is 2. The van der Waals surface area contributed by atoms with Gasteiger partial charge in [-0.05, 0) is 53.6 Å². The van der Waals surface area contributed by atoms with Crippen LogP contribution in [0.2, 0.25) is 0 Å². The zero-order valence-electron chi connectivity index (χ0n) is 15.6. The Morgan fingerprint density at radius 1 is 1.15 bits per heavy atom. The molecule has 1 saturated heterocycles. The number of H-pyrrole nitrogens is 1. The van der Waals surface area contributed by atoms with Crippen LogP contribution in [0.3, 0.4) is 0 Å². The summed E-state index contributed by atoms with van der Waals surface area (Å²) >= 11 is 0. The van der Waals surface area contributed by atoms with Crippen LogP contribution in [0.4, 0.5) is 0 Å². The van der Waals surface area contributed by atoms with Gasteiger partial charge in [0.05, 0.1) is 6.04 Å². The summed E-state index contributed by atoms with van der Waals surface area (Å²) in [7, 11) is 0. The summed E-state index contributed by atoms with van der Waals surface area (Å²) in [5, 5.41) is 1.08. The van der Waals surface area contributed by atoms with Crippen LogP contribution in [0.15, 0.2) is 48.8 Å². The lowest BCUT2D eigenvalue weighted by molar-refractivity contribution is 0.0730. The van der Waals surface area contributed by atoms with Crippen LogP contribution >= 0.6 is 0 Å². The number of carbonyl (C=O) groups excluding carboxylic acids is 1. The number of aromatic nitrogens is 2. The van der Waals surface area contributed by atoms with E-state index in [0.29, 0.717) is 5.69 Å². The second-order valence-electron chi connectivity index (χ2n) is 8.17. The first-order valence-corrected chi connectivity index (χ1v) is 9.27. The summed E-state index contributed by atoms with van der Waals surface area (Å²) in [5.74, 6) is 0.0813. The fourth-order valence-corrected chi connectivity index (χ4v) is 3.81. The number of aromatic amines is 1. The Morgan fingerprint density at radius 2 is 1.92 bits per heavy atom. The van der Waals surface area contributed by atoms with Gasteiger partial charge in [0.2, 0.25) is 0 Å². The van der Waals surface area contributed by atoms with Crippen molar-refractivity contribution in [1.82, 2.24) is 14.9 Å². The van der Waals surface area contributed by atoms with Gasteiger partial charge in [-0.2, -0.15) is 0 Å². The van der Waals surface area contributed by atoms with Crippen molar-refractivity contribution in [1.29, 1.82) is 0 Å². The average molecular weight is 347 g/mol. The van der Waals surface area contributed by atoms with Gasteiger partial charge in [0.1, 0.15) is 5.69 Å². The predicted octanol–water partition coefficient (Wildman–Crippen LogP) is 4.84. The number of nitrogens with one attached hydrogen (secondary N) is 1. The lowest BCUT2D eigenvalue weighted by atomic mass is 9.87. The van der Waals surface area contributed by atoms with Crippen LogP contribution in [-0.4, -0.2) is 27.3 Å². The molecule has 4 nitrogen and oxygen atoms in total. The largest absolute Gasteiger partial charge is 0.351 e. The number of hydrogen-bond donors (Lipinski definition) is 1. The minimum Gasteiger partial charge on any atom is -0.351 e. The van der Waals surface area contributed by atoms with E-state index < -0.39 is 0 Å². The van der Waals surface area contributed by atoms with Crippen LogP contribution in [-0.2, 0) is 5.41 Å². The highest BCUT2D eigenvalue weighted by atomic mass is 16.2. The van der Waals surface area contributed by atoms with Crippen molar-refractivity contribution in [2.75, 3.05) is 6.54 Å². The zero-order chi connectivity index (χ0) is 18.3. The van der Waals surface area contributed by atoms with Gasteiger partial charge in [0, 0.05) is 29.8 Å². The molecule has 0 aliphatic carbocycles. The van der Waals surface area contributed by atoms with E-state index in [9.17, 15) is 4.79 Å². The summed E-state index contributed by atoms with van der Waals surface area (Å²) in [5.41, 5.74) is 4.22. The van der Waals surface area contributed by atoms with E-state index in [1.165, 1.54) is 5.56 Å². The molecular formula is C22H25N3O. The Balaban J connectivity index is 1.65. The standard InChI is InChI=1S/C22H25N3O/c1-22(2,3)17-7-6-16-13-19(24-18(16)14-17)21(26)25-12-4-5-20(25)15-8-10-23-11-9-15/h6-11,13-14,20,24H,4-5,12H2,1-3H3. The monoisotopic (exact) mass is 347 g/mol. The number of rotatable bonds is 2. The molecule has 1 N–H and O–H groups in total. The van der Waals surface area contributed by atoms with E-state index in [0.717, 1.165) is 35.9 Å². The van der Waals surface area contributed by atoms with Crippen LogP contribution in [0.25, 0.3) is 10.9 Å². The number of nitrogens with zero attached hydrogens (tertiary/aromatic N) is 2. The number of amides is 1. The normalized spacial score (nSPS) is 17.8. The maximum Gasteiger partial charge on any atom is 0.270 e. The van der Waals surface area contributed by atoms with Crippen molar-refractivity contribution in [3.8, 4) is 0 Å². The smallest absolute Gasteiger partial charge is 0.270 e. The Labute approximate surface area is 154 Å². The Hall–Kier alpha value is -2.62. The molecule has 26 heavy (non-hydrogen) atoms. The lowest BCUT2D eigenvalue weighted by Crippen LogP contribution is -2.30. The molecule has 4 heteroatoms. The molecule has 0 radical (unpaired) electrons. The van der Waals surface area contributed by atoms with Crippen molar-refractivity contribution >= 4 is 16.8 Å². The van der Waals surface area contributed by atoms with Gasteiger partial charge in [0.15, 0.2) is 0 Å². The summed E-state index contributed by atoms with van der Waals surface area (Å²) in [6, 6.07) is 12.6. The van der Waals surface area contributed by atoms with Crippen molar-refractivity contribution in [3.05, 3.63) is 65.6 Å². The van der Waals surface area contributed by atoms with E-state index >= 15 is 0 Å². The van der Waals surface area contributed by atoms with Crippen molar-refractivity contribution in [2.24, 2.45) is 0 Å². The Morgan fingerprint density at radius 3 is 2.65 bits per heavy atom. The molecule has 1 aliphatic heterocycles. The SMILES string of the molecule is CC(C)(C)c1ccc2cc(C(=O)N3CCCC3c3ccncc3)[nH]c2c1. The number of likely N-dealkylation sites (tertiary alicyclic amines) is 1. The fourth-order valence-electron chi connectivity index (χ4n) is 3.81. The fraction of sp³-hybridized carbons (Fsp3) is 0.364. The number of fused-ring (bicyclic) bond motifs is 1. The van der Waals surface area contributed by atoms with Crippen molar-refractivity contribution < 1.29 is 4.79 Å². The maximum atomic E-state index is 13.2. The van der Waals surface area contributed by atoms with E-state index in [1.54, 1.807) is 12.4 Å². The van der Waals surface area contributed by atoms with Gasteiger partial charge >= 0.3 is 0 Å². The van der Waals surface area contributed by atoms with E-state index in [2.05, 4.69) is 48.9 Å². The molecule has 1 unspecified atom stereocenters. The van der Waals surface area contributed by atoms with Crippen LogP contribution in [0, 0.1) is 0 Å². The number of carbonyl (C=O) groups is 1. The molecule has 2 aromatic heterocycles. The number of benzene rings is 1. The summed E-state index contributed by atoms with van der Waals surface area (Å²) in [6.07, 6.45) is 5.64. The Bertz CT molecular complexity index is 937. The third kappa shape index (κ3) is 3.00. The van der Waals surface area contributed by atoms with Gasteiger partial charge in [-0.3, -0.25) is 9.78 Å². The molecule has 1 aliphatic rings. The van der Waals surface area contributed by atoms with Gasteiger partial charge in [-0.1, -0.05) is 32.9 Å². The quantitative estimate of drug-likeness (QED) is 0.721. The summed E-state index contributed by atoms with van der Waals surface area (Å²) in [6.45, 7) is 7.40. The molecule has 3 aromatic rings. The van der Waals surface area contributed by atoms with Crippen molar-refractivity contribution in [3.63, 3.8) is 0 Å². The average Bonchev–Trinajstić information content (AvgIpc) is 3.27. The molecule has 1 amide bonds. The molecule has 0 saturated carbocycles.